The van der Waals surface area contributed by atoms with Gasteiger partial charge in [-0.1, -0.05) is 56.4 Å². The van der Waals surface area contributed by atoms with Gasteiger partial charge in [-0.3, -0.25) is 24.0 Å². The van der Waals surface area contributed by atoms with Gasteiger partial charge in [0.15, 0.2) is 0 Å². The minimum Gasteiger partial charge on any atom is -0.480 e. The third-order valence-corrected chi connectivity index (χ3v) is 6.84. The highest BCUT2D eigenvalue weighted by Crippen LogP contribution is 2.24. The summed E-state index contributed by atoms with van der Waals surface area (Å²) in [4.78, 5) is 65.1. The van der Waals surface area contributed by atoms with E-state index in [1.165, 1.54) is 4.90 Å². The topological polar surface area (TPSA) is 145 Å². The number of hydrogen-bond acceptors (Lipinski definition) is 5. The first-order chi connectivity index (χ1) is 18.7. The van der Waals surface area contributed by atoms with Crippen LogP contribution in [0.3, 0.4) is 0 Å². The van der Waals surface area contributed by atoms with Crippen LogP contribution in [0.2, 0.25) is 0 Å². The Balaban J connectivity index is 1.75. The van der Waals surface area contributed by atoms with E-state index in [1.807, 2.05) is 38.2 Å². The monoisotopic (exact) mass is 538 g/mol. The predicted octanol–water partition coefficient (Wildman–Crippen LogP) is 2.03. The number of nitrogens with one attached hydrogen (secondary N) is 3. The molecule has 0 radical (unpaired) electrons. The molecule has 0 bridgehead atoms. The summed E-state index contributed by atoms with van der Waals surface area (Å²) in [5.41, 5.74) is 0.439. The van der Waals surface area contributed by atoms with Crippen molar-refractivity contribution in [1.82, 2.24) is 20.9 Å². The molecule has 4 amide bonds. The van der Waals surface area contributed by atoms with Gasteiger partial charge in [0.2, 0.25) is 17.7 Å². The van der Waals surface area contributed by atoms with Crippen molar-refractivity contribution in [2.75, 3.05) is 13.1 Å². The van der Waals surface area contributed by atoms with E-state index < -0.39 is 42.5 Å². The average molecular weight is 539 g/mol. The number of nitrogens with zero attached hydrogens (tertiary/aromatic N) is 1. The van der Waals surface area contributed by atoms with Crippen LogP contribution in [0.4, 0.5) is 0 Å². The highest BCUT2D eigenvalue weighted by molar-refractivity contribution is 5.99. The van der Waals surface area contributed by atoms with Gasteiger partial charge in [0.1, 0.15) is 24.7 Å². The number of hydrogen-bond donors (Lipinski definition) is 4. The van der Waals surface area contributed by atoms with Crippen molar-refractivity contribution < 1.29 is 29.1 Å². The summed E-state index contributed by atoms with van der Waals surface area (Å²) in [7, 11) is 0. The van der Waals surface area contributed by atoms with E-state index in [2.05, 4.69) is 16.0 Å². The fraction of sp³-hybridized carbons (Fsp3) is 0.483. The Morgan fingerprint density at radius 3 is 2.41 bits per heavy atom. The maximum Gasteiger partial charge on any atom is 0.322 e. The molecule has 210 valence electrons. The molecule has 3 rings (SSSR count). The lowest BCUT2D eigenvalue weighted by molar-refractivity contribution is -0.141. The summed E-state index contributed by atoms with van der Waals surface area (Å²) in [6.45, 7) is 3.59. The molecule has 0 spiro atoms. The zero-order chi connectivity index (χ0) is 28.4. The molecule has 1 saturated heterocycles. The lowest BCUT2D eigenvalue weighted by atomic mass is 9.92. The molecule has 39 heavy (non-hydrogen) atoms. The number of amides is 4. The number of carboxylic acids is 1. The van der Waals surface area contributed by atoms with E-state index in [9.17, 15) is 24.0 Å². The van der Waals surface area contributed by atoms with E-state index in [0.717, 1.165) is 6.42 Å². The lowest BCUT2D eigenvalue weighted by Crippen LogP contribution is -2.56. The van der Waals surface area contributed by atoms with Crippen molar-refractivity contribution in [2.24, 2.45) is 11.8 Å². The molecule has 4 atom stereocenters. The van der Waals surface area contributed by atoms with Crippen molar-refractivity contribution in [3.05, 3.63) is 60.2 Å². The summed E-state index contributed by atoms with van der Waals surface area (Å²) in [6, 6.07) is 6.10. The third kappa shape index (κ3) is 8.80. The molecule has 4 N–H and O–H groups in total. The Hall–Kier alpha value is -3.95. The van der Waals surface area contributed by atoms with Crippen LogP contribution >= 0.6 is 0 Å². The highest BCUT2D eigenvalue weighted by atomic mass is 16.4. The number of carbonyl (C=O) groups is 5. The van der Waals surface area contributed by atoms with Gasteiger partial charge >= 0.3 is 5.97 Å². The third-order valence-electron chi connectivity index (χ3n) is 6.84. The van der Waals surface area contributed by atoms with Gasteiger partial charge in [-0.25, -0.2) is 0 Å². The largest absolute Gasteiger partial charge is 0.480 e. The van der Waals surface area contributed by atoms with Crippen molar-refractivity contribution in [1.29, 1.82) is 0 Å². The molecule has 1 heterocycles. The molecule has 1 aromatic rings. The Bertz CT molecular complexity index is 1100. The molecule has 0 saturated carbocycles. The second-order valence-electron chi connectivity index (χ2n) is 10.4. The van der Waals surface area contributed by atoms with Crippen LogP contribution in [-0.4, -0.2) is 70.8 Å². The van der Waals surface area contributed by atoms with E-state index in [4.69, 9.17) is 5.11 Å². The molecule has 1 fully saturated rings. The van der Waals surface area contributed by atoms with E-state index in [0.29, 0.717) is 37.8 Å². The van der Waals surface area contributed by atoms with Gasteiger partial charge < -0.3 is 26.0 Å². The molecule has 1 aliphatic heterocycles. The van der Waals surface area contributed by atoms with Crippen LogP contribution in [0.15, 0.2) is 54.6 Å². The first-order valence-electron chi connectivity index (χ1n) is 13.4. The molecule has 1 aliphatic carbocycles. The number of rotatable bonds is 12. The summed E-state index contributed by atoms with van der Waals surface area (Å²) in [5.74, 6) is -2.82. The number of benzene rings is 1. The second kappa shape index (κ2) is 14.3. The first kappa shape index (κ1) is 29.6. The standard InChI is InChI=1S/C29H38N4O6/c1-19(2)16-22(27(37)30-18-25(34)35)31-28(38)24-14-9-15-33(24)29(39)23(17-20-10-5-3-6-11-20)32-26(36)21-12-7-4-8-13-21/h3-8,10,12-13,19-20,22-24H,9,11,14-18H2,1-2H3,(H,30,37)(H,31,38)(H,32,36)(H,34,35)/t20?,22-,23-,24-/m0/s1. The predicted molar refractivity (Wildman–Crippen MR) is 145 cm³/mol. The van der Waals surface area contributed by atoms with Crippen molar-refractivity contribution in [3.8, 4) is 0 Å². The molecular formula is C29H38N4O6. The number of likely N-dealkylation sites (tertiary alicyclic amines) is 1. The smallest absolute Gasteiger partial charge is 0.322 e. The van der Waals surface area contributed by atoms with Crippen LogP contribution in [0.5, 0.6) is 0 Å². The van der Waals surface area contributed by atoms with Gasteiger partial charge in [0.25, 0.3) is 5.91 Å². The van der Waals surface area contributed by atoms with Gasteiger partial charge in [0.05, 0.1) is 0 Å². The molecule has 2 aliphatic rings. The zero-order valence-corrected chi connectivity index (χ0v) is 22.5. The fourth-order valence-corrected chi connectivity index (χ4v) is 4.92. The fourth-order valence-electron chi connectivity index (χ4n) is 4.92. The maximum absolute atomic E-state index is 13.8. The van der Waals surface area contributed by atoms with Gasteiger partial charge in [-0.15, -0.1) is 0 Å². The molecule has 1 unspecified atom stereocenters. The Labute approximate surface area is 228 Å². The molecule has 0 aromatic heterocycles. The Morgan fingerprint density at radius 2 is 1.77 bits per heavy atom. The molecule has 10 nitrogen and oxygen atoms in total. The summed E-state index contributed by atoms with van der Waals surface area (Å²) in [5, 5.41) is 16.9. The minimum absolute atomic E-state index is 0.0577. The summed E-state index contributed by atoms with van der Waals surface area (Å²) < 4.78 is 0. The second-order valence-corrected chi connectivity index (χ2v) is 10.4. The van der Waals surface area contributed by atoms with Crippen LogP contribution in [-0.2, 0) is 19.2 Å². The van der Waals surface area contributed by atoms with Crippen LogP contribution in [0, 0.1) is 11.8 Å². The number of carbonyl (C=O) groups excluding carboxylic acids is 4. The minimum atomic E-state index is -1.18. The Kier molecular flexibility index (Phi) is 10.8. The Morgan fingerprint density at radius 1 is 1.03 bits per heavy atom. The van der Waals surface area contributed by atoms with Crippen LogP contribution in [0.1, 0.15) is 56.3 Å². The van der Waals surface area contributed by atoms with Crippen molar-refractivity contribution >= 4 is 29.6 Å². The van der Waals surface area contributed by atoms with E-state index in [1.54, 1.807) is 30.3 Å². The first-order valence-corrected chi connectivity index (χ1v) is 13.4. The van der Waals surface area contributed by atoms with Crippen molar-refractivity contribution in [3.63, 3.8) is 0 Å². The number of allylic oxidation sites excluding steroid dienone is 4. The highest BCUT2D eigenvalue weighted by Gasteiger charge is 2.39. The quantitative estimate of drug-likeness (QED) is 0.321. The van der Waals surface area contributed by atoms with Gasteiger partial charge in [-0.2, -0.15) is 0 Å². The molecular weight excluding hydrogens is 500 g/mol. The van der Waals surface area contributed by atoms with E-state index in [-0.39, 0.29) is 23.7 Å². The average Bonchev–Trinajstić information content (AvgIpc) is 3.41. The lowest BCUT2D eigenvalue weighted by Gasteiger charge is -2.31. The van der Waals surface area contributed by atoms with Crippen LogP contribution in [0.25, 0.3) is 0 Å². The zero-order valence-electron chi connectivity index (χ0n) is 22.5. The number of carboxylic acid groups (broad SMARTS) is 1. The summed E-state index contributed by atoms with van der Waals surface area (Å²) >= 11 is 0. The maximum atomic E-state index is 13.8. The number of aliphatic carboxylic acids is 1. The molecule has 1 aromatic carbocycles. The van der Waals surface area contributed by atoms with Gasteiger partial charge in [0, 0.05) is 12.1 Å². The van der Waals surface area contributed by atoms with Crippen LogP contribution < -0.4 is 16.0 Å². The van der Waals surface area contributed by atoms with E-state index >= 15 is 0 Å². The van der Waals surface area contributed by atoms with Gasteiger partial charge in [-0.05, 0) is 56.1 Å². The normalized spacial score (nSPS) is 19.8. The summed E-state index contributed by atoms with van der Waals surface area (Å²) in [6.07, 6.45) is 10.4. The molecule has 10 heteroatoms. The van der Waals surface area contributed by atoms with Crippen molar-refractivity contribution in [2.45, 2.75) is 64.1 Å². The SMILES string of the molecule is CC(C)C[C@H](NC(=O)[C@@H]1CCCN1C(=O)[C@H](CC1C=CC=CC1)NC(=O)c1ccccc1)C(=O)NCC(=O)O.